The van der Waals surface area contributed by atoms with Crippen LogP contribution in [-0.4, -0.2) is 49.5 Å². The Kier molecular flexibility index (Phi) is 7.53. The fourth-order valence-corrected chi connectivity index (χ4v) is 5.92. The van der Waals surface area contributed by atoms with Crippen LogP contribution in [0.1, 0.15) is 30.7 Å². The van der Waals surface area contributed by atoms with E-state index in [1.54, 1.807) is 12.1 Å². The Morgan fingerprint density at radius 2 is 1.91 bits per heavy atom. The van der Waals surface area contributed by atoms with Crippen LogP contribution in [0.2, 0.25) is 5.02 Å². The zero-order valence-corrected chi connectivity index (χ0v) is 20.8. The van der Waals surface area contributed by atoms with Crippen molar-refractivity contribution in [1.29, 1.82) is 0 Å². The van der Waals surface area contributed by atoms with Gasteiger partial charge >= 0.3 is 0 Å². The molecule has 2 N–H and O–H groups in total. The number of halogens is 3. The smallest absolute Gasteiger partial charge is 0.266 e. The van der Waals surface area contributed by atoms with Gasteiger partial charge in [0, 0.05) is 18.3 Å². The molecule has 0 amide bonds. The number of nitrogens with one attached hydrogen (secondary N) is 2. The predicted octanol–water partition coefficient (Wildman–Crippen LogP) is 4.89. The molecule has 0 radical (unpaired) electrons. The molecule has 11 heteroatoms. The van der Waals surface area contributed by atoms with E-state index in [-0.39, 0.29) is 34.7 Å². The Hall–Kier alpha value is -2.82. The maximum atomic E-state index is 15.0. The second-order valence-electron chi connectivity index (χ2n) is 8.81. The number of aromatic nitrogens is 2. The quantitative estimate of drug-likeness (QED) is 0.460. The summed E-state index contributed by atoms with van der Waals surface area (Å²) in [5.74, 6) is -0.977. The molecule has 1 aromatic heterocycles. The lowest BCUT2D eigenvalue weighted by atomic mass is 9.78. The molecule has 1 aliphatic carbocycles. The highest BCUT2D eigenvalue weighted by molar-refractivity contribution is 7.92. The number of sulfonamides is 1. The molecule has 7 nitrogen and oxygen atoms in total. The van der Waals surface area contributed by atoms with Gasteiger partial charge in [0.15, 0.2) is 0 Å². The Balaban J connectivity index is 1.53. The monoisotopic (exact) mass is 521 g/mol. The average molecular weight is 522 g/mol. The zero-order chi connectivity index (χ0) is 25.2. The highest BCUT2D eigenvalue weighted by Gasteiger charge is 2.33. The molecular weight excluding hydrogens is 496 g/mol. The molecule has 186 valence electrons. The number of likely N-dealkylation sites (N-methyl/N-ethyl adjacent to an activating group) is 1. The third-order valence-corrected chi connectivity index (χ3v) is 7.96. The van der Waals surface area contributed by atoms with Gasteiger partial charge in [-0.05, 0) is 75.2 Å². The van der Waals surface area contributed by atoms with Gasteiger partial charge < -0.3 is 10.2 Å². The van der Waals surface area contributed by atoms with E-state index in [0.29, 0.717) is 5.69 Å². The largest absolute Gasteiger partial charge is 0.379 e. The van der Waals surface area contributed by atoms with Crippen molar-refractivity contribution < 1.29 is 17.2 Å². The van der Waals surface area contributed by atoms with Crippen molar-refractivity contribution in [2.24, 2.45) is 0 Å². The summed E-state index contributed by atoms with van der Waals surface area (Å²) in [6.07, 6.45) is 4.89. The minimum absolute atomic E-state index is 0.0154. The number of hydrogen-bond donors (Lipinski definition) is 2. The molecule has 1 aliphatic rings. The molecule has 1 heterocycles. The van der Waals surface area contributed by atoms with E-state index in [1.807, 2.05) is 20.2 Å². The molecule has 2 aromatic carbocycles. The van der Waals surface area contributed by atoms with Crippen molar-refractivity contribution in [3.63, 3.8) is 0 Å². The summed E-state index contributed by atoms with van der Waals surface area (Å²) in [6.45, 7) is 0. The van der Waals surface area contributed by atoms with Gasteiger partial charge in [-0.1, -0.05) is 23.7 Å². The van der Waals surface area contributed by atoms with Crippen LogP contribution in [0.5, 0.6) is 0 Å². The van der Waals surface area contributed by atoms with E-state index in [1.165, 1.54) is 24.7 Å². The van der Waals surface area contributed by atoms with Crippen LogP contribution < -0.4 is 10.0 Å². The lowest BCUT2D eigenvalue weighted by Gasteiger charge is -2.41. The Labute approximate surface area is 208 Å². The van der Waals surface area contributed by atoms with Gasteiger partial charge in [-0.25, -0.2) is 27.2 Å². The SMILES string of the molecule is CN(C)[C@H]1C[C@@H](c2cccc(F)c2)CC[C@@H]1Nc1cc(F)c(S(=O)(=O)Nc2ccncn2)cc1Cl. The van der Waals surface area contributed by atoms with Gasteiger partial charge in [0.25, 0.3) is 10.0 Å². The Morgan fingerprint density at radius 1 is 1.11 bits per heavy atom. The van der Waals surface area contributed by atoms with Crippen LogP contribution in [0.4, 0.5) is 20.3 Å². The second-order valence-corrected chi connectivity index (χ2v) is 10.9. The van der Waals surface area contributed by atoms with E-state index in [9.17, 15) is 17.2 Å². The van der Waals surface area contributed by atoms with Crippen molar-refractivity contribution in [2.75, 3.05) is 24.1 Å². The third-order valence-electron chi connectivity index (χ3n) is 6.27. The molecule has 3 aromatic rings. The summed E-state index contributed by atoms with van der Waals surface area (Å²) in [7, 11) is -0.324. The molecule has 1 fully saturated rings. The topological polar surface area (TPSA) is 87.2 Å². The summed E-state index contributed by atoms with van der Waals surface area (Å²) in [4.78, 5) is 9.02. The number of benzene rings is 2. The molecule has 0 spiro atoms. The number of nitrogens with zero attached hydrogens (tertiary/aromatic N) is 3. The van der Waals surface area contributed by atoms with Crippen molar-refractivity contribution in [1.82, 2.24) is 14.9 Å². The summed E-state index contributed by atoms with van der Waals surface area (Å²) in [6, 6.07) is 10.2. The first-order valence-electron chi connectivity index (χ1n) is 11.1. The summed E-state index contributed by atoms with van der Waals surface area (Å²) in [5, 5.41) is 3.39. The van der Waals surface area contributed by atoms with Crippen molar-refractivity contribution >= 4 is 33.1 Å². The lowest BCUT2D eigenvalue weighted by molar-refractivity contribution is 0.196. The Morgan fingerprint density at radius 3 is 2.60 bits per heavy atom. The van der Waals surface area contributed by atoms with Gasteiger partial charge in [-0.15, -0.1) is 0 Å². The normalized spacial score (nSPS) is 20.6. The standard InChI is InChI=1S/C24H26ClF2N5O2S/c1-32(2)22-11-16(15-4-3-5-17(26)10-15)6-7-20(22)30-21-13-19(27)23(12-18(21)25)35(33,34)31-24-8-9-28-14-29-24/h3-5,8-10,12-14,16,20,22,30H,6-7,11H2,1-2H3,(H,28,29,31)/t16-,20-,22-/m0/s1. The summed E-state index contributed by atoms with van der Waals surface area (Å²) >= 11 is 6.40. The molecule has 3 atom stereocenters. The van der Waals surface area contributed by atoms with Crippen LogP contribution in [-0.2, 0) is 10.0 Å². The van der Waals surface area contributed by atoms with Gasteiger partial charge in [-0.3, -0.25) is 4.72 Å². The van der Waals surface area contributed by atoms with E-state index >= 15 is 0 Å². The lowest BCUT2D eigenvalue weighted by Crippen LogP contribution is -2.47. The molecule has 0 aliphatic heterocycles. The maximum absolute atomic E-state index is 15.0. The highest BCUT2D eigenvalue weighted by Crippen LogP contribution is 2.37. The van der Waals surface area contributed by atoms with Crippen molar-refractivity contribution in [3.8, 4) is 0 Å². The van der Waals surface area contributed by atoms with Crippen molar-refractivity contribution in [2.45, 2.75) is 42.2 Å². The molecule has 4 rings (SSSR count). The molecular formula is C24H26ClF2N5O2S. The van der Waals surface area contributed by atoms with Gasteiger partial charge in [-0.2, -0.15) is 0 Å². The first kappa shape index (κ1) is 25.3. The van der Waals surface area contributed by atoms with E-state index in [2.05, 4.69) is 24.9 Å². The number of rotatable bonds is 7. The summed E-state index contributed by atoms with van der Waals surface area (Å²) < 4.78 is 56.3. The van der Waals surface area contributed by atoms with E-state index in [4.69, 9.17) is 11.6 Å². The molecule has 1 saturated carbocycles. The van der Waals surface area contributed by atoms with Crippen LogP contribution in [0.25, 0.3) is 0 Å². The first-order chi connectivity index (χ1) is 16.6. The van der Waals surface area contributed by atoms with Gasteiger partial charge in [0.2, 0.25) is 0 Å². The van der Waals surface area contributed by atoms with Gasteiger partial charge in [0.1, 0.15) is 28.7 Å². The van der Waals surface area contributed by atoms with Gasteiger partial charge in [0.05, 0.1) is 10.7 Å². The van der Waals surface area contributed by atoms with Crippen molar-refractivity contribution in [3.05, 3.63) is 77.2 Å². The number of hydrogen-bond acceptors (Lipinski definition) is 6. The zero-order valence-electron chi connectivity index (χ0n) is 19.2. The fourth-order valence-electron chi connectivity index (χ4n) is 4.54. The first-order valence-corrected chi connectivity index (χ1v) is 13.0. The maximum Gasteiger partial charge on any atom is 0.266 e. The minimum Gasteiger partial charge on any atom is -0.379 e. The van der Waals surface area contributed by atoms with Crippen LogP contribution >= 0.6 is 11.6 Å². The van der Waals surface area contributed by atoms with Crippen LogP contribution in [0.15, 0.2) is 59.9 Å². The fraction of sp³-hybridized carbons (Fsp3) is 0.333. The Bertz CT molecular complexity index is 1290. The van der Waals surface area contributed by atoms with Crippen LogP contribution in [0, 0.1) is 11.6 Å². The van der Waals surface area contributed by atoms with E-state index in [0.717, 1.165) is 37.0 Å². The highest BCUT2D eigenvalue weighted by atomic mass is 35.5. The third kappa shape index (κ3) is 5.88. The molecule has 0 bridgehead atoms. The predicted molar refractivity (Wildman–Crippen MR) is 132 cm³/mol. The molecule has 0 unspecified atom stereocenters. The number of anilines is 2. The minimum atomic E-state index is -4.25. The van der Waals surface area contributed by atoms with Crippen LogP contribution in [0.3, 0.4) is 0 Å². The summed E-state index contributed by atoms with van der Waals surface area (Å²) in [5.41, 5.74) is 1.27. The molecule has 35 heavy (non-hydrogen) atoms. The second kappa shape index (κ2) is 10.4. The average Bonchev–Trinajstić information content (AvgIpc) is 2.81. The molecule has 0 saturated heterocycles. The van der Waals surface area contributed by atoms with E-state index < -0.39 is 20.7 Å².